The van der Waals surface area contributed by atoms with Gasteiger partial charge in [-0.3, -0.25) is 0 Å². The first-order chi connectivity index (χ1) is 10.5. The van der Waals surface area contributed by atoms with Gasteiger partial charge in [-0.05, 0) is 18.9 Å². The molecule has 0 spiro atoms. The lowest BCUT2D eigenvalue weighted by Gasteiger charge is -2.10. The molecule has 1 heterocycles. The Morgan fingerprint density at radius 3 is 2.73 bits per heavy atom. The van der Waals surface area contributed by atoms with Crippen molar-refractivity contribution < 1.29 is 19.6 Å². The number of aromatic nitrogens is 2. The summed E-state index contributed by atoms with van der Waals surface area (Å²) in [5.74, 6) is -1.03. The van der Waals surface area contributed by atoms with Crippen LogP contribution in [-0.4, -0.2) is 20.7 Å². The number of hydrogen-bond donors (Lipinski definition) is 2. The Morgan fingerprint density at radius 2 is 2.05 bits per heavy atom. The predicted molar refractivity (Wildman–Crippen MR) is 82.6 cm³/mol. The Bertz CT molecular complexity index is 649. The fourth-order valence-electron chi connectivity index (χ4n) is 2.60. The number of carboxylic acids is 1. The van der Waals surface area contributed by atoms with Gasteiger partial charge in [0.15, 0.2) is 5.69 Å². The number of imidazole rings is 1. The van der Waals surface area contributed by atoms with Crippen molar-refractivity contribution in [2.24, 2.45) is 7.05 Å². The van der Waals surface area contributed by atoms with E-state index in [1.165, 1.54) is 12.5 Å². The van der Waals surface area contributed by atoms with Crippen molar-refractivity contribution in [3.05, 3.63) is 53.6 Å². The van der Waals surface area contributed by atoms with Crippen molar-refractivity contribution in [1.29, 1.82) is 0 Å². The average Bonchev–Trinajstić information content (AvgIpc) is 2.87. The number of aliphatic hydroxyl groups is 1. The summed E-state index contributed by atoms with van der Waals surface area (Å²) in [4.78, 5) is 11.3. The topological polar surface area (TPSA) is 66.3 Å². The molecule has 0 amide bonds. The lowest BCUT2D eigenvalue weighted by molar-refractivity contribution is -0.697. The standard InChI is InChI=1S/C17H22N2O3/c1-3-4-7-10-19-11-15(18(2)12-19)16(20)13-8-5-6-9-14(13)17(21)22/h5-6,8-9,11-12,16,20H,3-4,7,10H2,1-2H3/p+1. The van der Waals surface area contributed by atoms with E-state index in [2.05, 4.69) is 6.92 Å². The fourth-order valence-corrected chi connectivity index (χ4v) is 2.60. The van der Waals surface area contributed by atoms with Crippen LogP contribution in [-0.2, 0) is 13.6 Å². The monoisotopic (exact) mass is 303 g/mol. The summed E-state index contributed by atoms with van der Waals surface area (Å²) in [6.45, 7) is 3.06. The SMILES string of the molecule is CCCCC[n+]1cc(C(O)c2ccccc2C(=O)O)n(C)c1. The second-order valence-corrected chi connectivity index (χ2v) is 5.52. The van der Waals surface area contributed by atoms with Crippen molar-refractivity contribution in [2.45, 2.75) is 38.8 Å². The van der Waals surface area contributed by atoms with E-state index in [9.17, 15) is 15.0 Å². The quantitative estimate of drug-likeness (QED) is 0.609. The first-order valence-corrected chi connectivity index (χ1v) is 7.60. The predicted octanol–water partition coefficient (Wildman–Crippen LogP) is 2.28. The molecule has 0 saturated carbocycles. The van der Waals surface area contributed by atoms with Crippen LogP contribution in [0.5, 0.6) is 0 Å². The number of carbonyl (C=O) groups is 1. The van der Waals surface area contributed by atoms with E-state index in [0.717, 1.165) is 19.4 Å². The van der Waals surface area contributed by atoms with Crippen LogP contribution in [0, 0.1) is 0 Å². The zero-order valence-corrected chi connectivity index (χ0v) is 13.1. The largest absolute Gasteiger partial charge is 0.478 e. The zero-order chi connectivity index (χ0) is 16.1. The molecule has 22 heavy (non-hydrogen) atoms. The molecule has 2 rings (SSSR count). The van der Waals surface area contributed by atoms with Gasteiger partial charge in [0.2, 0.25) is 6.33 Å². The minimum absolute atomic E-state index is 0.133. The normalized spacial score (nSPS) is 12.3. The van der Waals surface area contributed by atoms with Crippen LogP contribution in [0.15, 0.2) is 36.8 Å². The molecule has 0 aliphatic heterocycles. The molecule has 0 saturated heterocycles. The summed E-state index contributed by atoms with van der Waals surface area (Å²) < 4.78 is 3.88. The second-order valence-electron chi connectivity index (χ2n) is 5.52. The van der Waals surface area contributed by atoms with Gasteiger partial charge >= 0.3 is 5.97 Å². The number of carboxylic acid groups (broad SMARTS) is 1. The lowest BCUT2D eigenvalue weighted by atomic mass is 10.0. The Kier molecular flexibility index (Phi) is 5.33. The Balaban J connectivity index is 2.26. The van der Waals surface area contributed by atoms with Gasteiger partial charge in [-0.2, -0.15) is 0 Å². The molecule has 0 radical (unpaired) electrons. The van der Waals surface area contributed by atoms with Gasteiger partial charge in [-0.1, -0.05) is 31.5 Å². The van der Waals surface area contributed by atoms with Crippen LogP contribution < -0.4 is 4.57 Å². The third kappa shape index (κ3) is 3.54. The number of aliphatic hydroxyl groups excluding tert-OH is 1. The van der Waals surface area contributed by atoms with Gasteiger partial charge in [0, 0.05) is 5.56 Å². The number of aromatic carboxylic acids is 1. The molecule has 5 nitrogen and oxygen atoms in total. The Labute approximate surface area is 130 Å². The maximum absolute atomic E-state index is 11.3. The van der Waals surface area contributed by atoms with E-state index < -0.39 is 12.1 Å². The number of nitrogens with zero attached hydrogens (tertiary/aromatic N) is 2. The van der Waals surface area contributed by atoms with Crippen LogP contribution in [0.2, 0.25) is 0 Å². The minimum Gasteiger partial charge on any atom is -0.478 e. The number of unbranched alkanes of at least 4 members (excludes halogenated alkanes) is 2. The first-order valence-electron chi connectivity index (χ1n) is 7.60. The number of benzene rings is 1. The number of hydrogen-bond acceptors (Lipinski definition) is 2. The lowest BCUT2D eigenvalue weighted by Crippen LogP contribution is -2.30. The van der Waals surface area contributed by atoms with Gasteiger partial charge in [-0.25, -0.2) is 13.9 Å². The molecule has 0 aliphatic rings. The van der Waals surface area contributed by atoms with E-state index >= 15 is 0 Å². The zero-order valence-electron chi connectivity index (χ0n) is 13.1. The van der Waals surface area contributed by atoms with E-state index in [1.54, 1.807) is 18.2 Å². The van der Waals surface area contributed by atoms with Crippen LogP contribution in [0.4, 0.5) is 0 Å². The van der Waals surface area contributed by atoms with Crippen molar-refractivity contribution in [3.8, 4) is 0 Å². The molecule has 0 aliphatic carbocycles. The molecule has 118 valence electrons. The molecule has 1 aromatic heterocycles. The highest BCUT2D eigenvalue weighted by molar-refractivity contribution is 5.89. The van der Waals surface area contributed by atoms with Crippen LogP contribution in [0.25, 0.3) is 0 Å². The maximum Gasteiger partial charge on any atom is 0.336 e. The number of rotatable bonds is 7. The van der Waals surface area contributed by atoms with Gasteiger partial charge in [0.25, 0.3) is 0 Å². The first kappa shape index (κ1) is 16.2. The molecule has 2 N–H and O–H groups in total. The van der Waals surface area contributed by atoms with E-state index in [4.69, 9.17) is 0 Å². The molecule has 1 unspecified atom stereocenters. The second kappa shape index (κ2) is 7.22. The Hall–Kier alpha value is -2.14. The number of aryl methyl sites for hydroxylation is 2. The highest BCUT2D eigenvalue weighted by atomic mass is 16.4. The summed E-state index contributed by atoms with van der Waals surface area (Å²) in [6, 6.07) is 6.57. The van der Waals surface area contributed by atoms with Crippen LogP contribution in [0.3, 0.4) is 0 Å². The molecule has 1 aromatic carbocycles. The van der Waals surface area contributed by atoms with Gasteiger partial charge in [0.05, 0.1) is 19.2 Å². The van der Waals surface area contributed by atoms with Gasteiger partial charge in [0.1, 0.15) is 12.3 Å². The molecule has 2 aromatic rings. The minimum atomic E-state index is -1.03. The van der Waals surface area contributed by atoms with Gasteiger partial charge in [-0.15, -0.1) is 0 Å². The molecule has 5 heteroatoms. The average molecular weight is 303 g/mol. The third-order valence-electron chi connectivity index (χ3n) is 3.81. The maximum atomic E-state index is 11.3. The summed E-state index contributed by atoms with van der Waals surface area (Å²) in [6.07, 6.45) is 6.28. The van der Waals surface area contributed by atoms with Gasteiger partial charge < -0.3 is 10.2 Å². The van der Waals surface area contributed by atoms with Crippen LogP contribution >= 0.6 is 0 Å². The third-order valence-corrected chi connectivity index (χ3v) is 3.81. The Morgan fingerprint density at radius 1 is 1.32 bits per heavy atom. The van der Waals surface area contributed by atoms with E-state index in [1.807, 2.05) is 28.7 Å². The highest BCUT2D eigenvalue weighted by Crippen LogP contribution is 2.24. The summed E-state index contributed by atoms with van der Waals surface area (Å²) >= 11 is 0. The molecular weight excluding hydrogens is 280 g/mol. The summed E-state index contributed by atoms with van der Waals surface area (Å²) in [7, 11) is 1.86. The smallest absolute Gasteiger partial charge is 0.336 e. The summed E-state index contributed by atoms with van der Waals surface area (Å²) in [5, 5.41) is 19.8. The molecule has 0 fully saturated rings. The molecule has 1 atom stereocenters. The van der Waals surface area contributed by atoms with Crippen LogP contribution in [0.1, 0.15) is 53.9 Å². The van der Waals surface area contributed by atoms with Crippen molar-refractivity contribution in [3.63, 3.8) is 0 Å². The van der Waals surface area contributed by atoms with Crippen molar-refractivity contribution in [1.82, 2.24) is 4.57 Å². The molecule has 0 bridgehead atoms. The van der Waals surface area contributed by atoms with Crippen molar-refractivity contribution >= 4 is 5.97 Å². The summed E-state index contributed by atoms with van der Waals surface area (Å²) in [5.41, 5.74) is 1.23. The van der Waals surface area contributed by atoms with E-state index in [0.29, 0.717) is 11.3 Å². The fraction of sp³-hybridized carbons (Fsp3) is 0.412. The van der Waals surface area contributed by atoms with Crippen molar-refractivity contribution in [2.75, 3.05) is 0 Å². The highest BCUT2D eigenvalue weighted by Gasteiger charge is 2.24. The van der Waals surface area contributed by atoms with E-state index in [-0.39, 0.29) is 5.56 Å². The molecular formula is C17H23N2O3+.